The Hall–Kier alpha value is -2.44. The number of nitrogens with one attached hydrogen (secondary N) is 2. The van der Waals surface area contributed by atoms with Crippen molar-refractivity contribution in [3.8, 4) is 5.75 Å². The maximum absolute atomic E-state index is 6.31. The zero-order chi connectivity index (χ0) is 17.1. The Balaban J connectivity index is 1.51. The van der Waals surface area contributed by atoms with Crippen molar-refractivity contribution < 1.29 is 4.74 Å². The van der Waals surface area contributed by atoms with Crippen LogP contribution in [0.5, 0.6) is 5.75 Å². The molecule has 7 heteroatoms. The number of hydrogen-bond donors (Lipinski definition) is 2. The summed E-state index contributed by atoms with van der Waals surface area (Å²) in [7, 11) is 0. The van der Waals surface area contributed by atoms with Crippen LogP contribution in [0, 0.1) is 0 Å². The molecular weight excluding hydrogens is 338 g/mol. The molecule has 0 unspecified atom stereocenters. The number of anilines is 1. The fraction of sp³-hybridized carbons (Fsp3) is 0.278. The van der Waals surface area contributed by atoms with E-state index in [0.29, 0.717) is 17.1 Å². The molecule has 0 radical (unpaired) electrons. The predicted octanol–water partition coefficient (Wildman–Crippen LogP) is 3.03. The highest BCUT2D eigenvalue weighted by molar-refractivity contribution is 6.34. The third-order valence-electron chi connectivity index (χ3n) is 4.16. The molecule has 0 saturated carbocycles. The van der Waals surface area contributed by atoms with Gasteiger partial charge in [-0.2, -0.15) is 0 Å². The lowest BCUT2D eigenvalue weighted by Crippen LogP contribution is -2.20. The largest absolute Gasteiger partial charge is 0.487 e. The van der Waals surface area contributed by atoms with E-state index < -0.39 is 0 Å². The number of rotatable bonds is 5. The molecule has 3 aromatic rings. The van der Waals surface area contributed by atoms with Crippen LogP contribution in [0.1, 0.15) is 12.0 Å². The van der Waals surface area contributed by atoms with Crippen LogP contribution in [-0.4, -0.2) is 34.1 Å². The summed E-state index contributed by atoms with van der Waals surface area (Å²) in [5.74, 6) is 0.815. The number of aromatic nitrogens is 3. The van der Waals surface area contributed by atoms with Gasteiger partial charge in [0.2, 0.25) is 0 Å². The summed E-state index contributed by atoms with van der Waals surface area (Å²) < 4.78 is 6.08. The van der Waals surface area contributed by atoms with E-state index in [1.807, 2.05) is 18.2 Å². The summed E-state index contributed by atoms with van der Waals surface area (Å²) >= 11 is 6.31. The average Bonchev–Trinajstić information content (AvgIpc) is 3.14. The van der Waals surface area contributed by atoms with Crippen molar-refractivity contribution in [3.05, 3.63) is 53.6 Å². The Bertz CT molecular complexity index is 882. The number of halogens is 1. The van der Waals surface area contributed by atoms with Gasteiger partial charge in [0.25, 0.3) is 0 Å². The molecule has 1 fully saturated rings. The van der Waals surface area contributed by atoms with Crippen LogP contribution < -0.4 is 15.4 Å². The van der Waals surface area contributed by atoms with E-state index in [-0.39, 0.29) is 6.10 Å². The molecule has 25 heavy (non-hydrogen) atoms. The predicted molar refractivity (Wildman–Crippen MR) is 98.0 cm³/mol. The SMILES string of the molecule is Clc1cc(CNc2cnccc2O[C@@H]2CCNC2)cc2nccnc12. The number of fused-ring (bicyclic) bond motifs is 1. The molecule has 4 rings (SSSR count). The Kier molecular flexibility index (Phi) is 4.63. The molecule has 128 valence electrons. The van der Waals surface area contributed by atoms with Gasteiger partial charge >= 0.3 is 0 Å². The van der Waals surface area contributed by atoms with Gasteiger partial charge in [-0.3, -0.25) is 15.0 Å². The lowest BCUT2D eigenvalue weighted by Gasteiger charge is -2.16. The minimum absolute atomic E-state index is 0.202. The highest BCUT2D eigenvalue weighted by atomic mass is 35.5. The second-order valence-electron chi connectivity index (χ2n) is 5.96. The molecule has 1 aliphatic heterocycles. The van der Waals surface area contributed by atoms with Gasteiger partial charge in [0.05, 0.1) is 22.4 Å². The first kappa shape index (κ1) is 16.1. The normalized spacial score (nSPS) is 16.9. The van der Waals surface area contributed by atoms with Crippen molar-refractivity contribution in [2.75, 3.05) is 18.4 Å². The van der Waals surface area contributed by atoms with Gasteiger partial charge in [0.15, 0.2) is 0 Å². The first-order chi connectivity index (χ1) is 12.3. The maximum Gasteiger partial charge on any atom is 0.146 e. The Morgan fingerprint density at radius 3 is 3.04 bits per heavy atom. The molecule has 1 atom stereocenters. The van der Waals surface area contributed by atoms with E-state index in [2.05, 4.69) is 25.6 Å². The lowest BCUT2D eigenvalue weighted by atomic mass is 10.2. The van der Waals surface area contributed by atoms with Crippen LogP contribution in [0.2, 0.25) is 5.02 Å². The second-order valence-corrected chi connectivity index (χ2v) is 6.37. The quantitative estimate of drug-likeness (QED) is 0.733. The molecule has 0 bridgehead atoms. The molecular formula is C18H18ClN5O. The number of ether oxygens (including phenoxy) is 1. The molecule has 6 nitrogen and oxygen atoms in total. The summed E-state index contributed by atoms with van der Waals surface area (Å²) in [6.45, 7) is 2.47. The van der Waals surface area contributed by atoms with Crippen LogP contribution >= 0.6 is 11.6 Å². The zero-order valence-electron chi connectivity index (χ0n) is 13.6. The van der Waals surface area contributed by atoms with Crippen LogP contribution in [-0.2, 0) is 6.54 Å². The number of hydrogen-bond acceptors (Lipinski definition) is 6. The van der Waals surface area contributed by atoms with Crippen LogP contribution in [0.25, 0.3) is 11.0 Å². The van der Waals surface area contributed by atoms with E-state index >= 15 is 0 Å². The topological polar surface area (TPSA) is 72.0 Å². The van der Waals surface area contributed by atoms with Crippen LogP contribution in [0.15, 0.2) is 43.0 Å². The van der Waals surface area contributed by atoms with E-state index in [1.54, 1.807) is 24.8 Å². The van der Waals surface area contributed by atoms with Gasteiger partial charge < -0.3 is 15.4 Å². The molecule has 1 aromatic carbocycles. The van der Waals surface area contributed by atoms with E-state index in [0.717, 1.165) is 42.0 Å². The molecule has 3 heterocycles. The van der Waals surface area contributed by atoms with E-state index in [9.17, 15) is 0 Å². The summed E-state index contributed by atoms with van der Waals surface area (Å²) in [4.78, 5) is 12.8. The van der Waals surface area contributed by atoms with Gasteiger partial charge in [0.1, 0.15) is 17.4 Å². The first-order valence-electron chi connectivity index (χ1n) is 8.24. The Labute approximate surface area is 150 Å². The lowest BCUT2D eigenvalue weighted by molar-refractivity contribution is 0.224. The van der Waals surface area contributed by atoms with Crippen LogP contribution in [0.3, 0.4) is 0 Å². The van der Waals surface area contributed by atoms with Crippen molar-refractivity contribution in [2.45, 2.75) is 19.1 Å². The highest BCUT2D eigenvalue weighted by Gasteiger charge is 2.17. The fourth-order valence-electron chi connectivity index (χ4n) is 2.91. The van der Waals surface area contributed by atoms with Gasteiger partial charge in [-0.15, -0.1) is 0 Å². The first-order valence-corrected chi connectivity index (χ1v) is 8.62. The Morgan fingerprint density at radius 1 is 1.24 bits per heavy atom. The van der Waals surface area contributed by atoms with Gasteiger partial charge in [-0.25, -0.2) is 0 Å². The number of nitrogens with zero attached hydrogens (tertiary/aromatic N) is 3. The minimum Gasteiger partial charge on any atom is -0.487 e. The van der Waals surface area contributed by atoms with Gasteiger partial charge in [-0.05, 0) is 30.7 Å². The van der Waals surface area contributed by atoms with Crippen molar-refractivity contribution >= 4 is 28.3 Å². The third-order valence-corrected chi connectivity index (χ3v) is 4.45. The highest BCUT2D eigenvalue weighted by Crippen LogP contribution is 2.27. The molecule has 1 aliphatic rings. The average molecular weight is 356 g/mol. The van der Waals surface area contributed by atoms with Crippen molar-refractivity contribution in [1.29, 1.82) is 0 Å². The summed E-state index contributed by atoms with van der Waals surface area (Å²) in [6.07, 6.45) is 8.04. The van der Waals surface area contributed by atoms with Gasteiger partial charge in [0, 0.05) is 37.7 Å². The zero-order valence-corrected chi connectivity index (χ0v) is 14.3. The van der Waals surface area contributed by atoms with Crippen molar-refractivity contribution in [2.24, 2.45) is 0 Å². The Morgan fingerprint density at radius 2 is 2.16 bits per heavy atom. The van der Waals surface area contributed by atoms with Crippen LogP contribution in [0.4, 0.5) is 5.69 Å². The summed E-state index contributed by atoms with van der Waals surface area (Å²) in [6, 6.07) is 5.78. The second kappa shape index (κ2) is 7.21. The smallest absolute Gasteiger partial charge is 0.146 e. The molecule has 0 aliphatic carbocycles. The number of pyridine rings is 1. The number of benzene rings is 1. The standard InChI is InChI=1S/C18H18ClN5O/c19-14-7-12(8-15-18(14)23-6-5-22-15)9-24-16-11-21-4-2-17(16)25-13-1-3-20-10-13/h2,4-8,11,13,20,24H,1,3,9-10H2/t13-/m1/s1. The van der Waals surface area contributed by atoms with Crippen molar-refractivity contribution in [3.63, 3.8) is 0 Å². The summed E-state index contributed by atoms with van der Waals surface area (Å²) in [5.41, 5.74) is 3.39. The van der Waals surface area contributed by atoms with Crippen molar-refractivity contribution in [1.82, 2.24) is 20.3 Å². The fourth-order valence-corrected chi connectivity index (χ4v) is 3.20. The molecule has 2 N–H and O–H groups in total. The molecule has 0 amide bonds. The van der Waals surface area contributed by atoms with E-state index in [1.165, 1.54) is 0 Å². The minimum atomic E-state index is 0.202. The molecule has 1 saturated heterocycles. The maximum atomic E-state index is 6.31. The van der Waals surface area contributed by atoms with Gasteiger partial charge in [-0.1, -0.05) is 11.6 Å². The third kappa shape index (κ3) is 3.65. The monoisotopic (exact) mass is 355 g/mol. The molecule has 0 spiro atoms. The molecule has 2 aromatic heterocycles. The van der Waals surface area contributed by atoms with E-state index in [4.69, 9.17) is 16.3 Å². The summed E-state index contributed by atoms with van der Waals surface area (Å²) in [5, 5.41) is 7.28.